The molecule has 1 heterocycles. The monoisotopic (exact) mass is 271 g/mol. The number of carbonyl (C=O) groups excluding carboxylic acids is 1. The zero-order chi connectivity index (χ0) is 13.2. The van der Waals surface area contributed by atoms with E-state index in [9.17, 15) is 13.2 Å². The van der Waals surface area contributed by atoms with E-state index in [4.69, 9.17) is 4.74 Å². The highest BCUT2D eigenvalue weighted by molar-refractivity contribution is 7.85. The van der Waals surface area contributed by atoms with Gasteiger partial charge in [0.15, 0.2) is 0 Å². The summed E-state index contributed by atoms with van der Waals surface area (Å²) in [7, 11) is -3.98. The van der Waals surface area contributed by atoms with E-state index in [1.807, 2.05) is 18.2 Å². The van der Waals surface area contributed by atoms with E-state index in [-0.39, 0.29) is 13.2 Å². The molecule has 0 bridgehead atoms. The molecule has 1 aliphatic rings. The first kappa shape index (κ1) is 12.8. The standard InChI is InChI=1S/C11H13NO5S/c1-9-7-17-18(14,15)12(9)11(13)16-8-10-5-3-2-4-6-10/h2-6,9H,7-8H2,1H3/t9-/m0/s1. The molecule has 18 heavy (non-hydrogen) atoms. The zero-order valence-corrected chi connectivity index (χ0v) is 10.6. The highest BCUT2D eigenvalue weighted by Gasteiger charge is 2.41. The molecule has 0 unspecified atom stereocenters. The first-order valence-corrected chi connectivity index (χ1v) is 6.76. The Morgan fingerprint density at radius 1 is 1.44 bits per heavy atom. The summed E-state index contributed by atoms with van der Waals surface area (Å²) < 4.78 is 33.0. The Bertz CT molecular complexity index is 528. The van der Waals surface area contributed by atoms with Crippen LogP contribution in [0, 0.1) is 0 Å². The van der Waals surface area contributed by atoms with Crippen LogP contribution in [-0.2, 0) is 25.8 Å². The molecule has 0 spiro atoms. The van der Waals surface area contributed by atoms with Gasteiger partial charge in [0.2, 0.25) is 0 Å². The van der Waals surface area contributed by atoms with Crippen molar-refractivity contribution in [2.45, 2.75) is 19.6 Å². The zero-order valence-electron chi connectivity index (χ0n) is 9.78. The highest BCUT2D eigenvalue weighted by Crippen LogP contribution is 2.19. The molecule has 1 saturated heterocycles. The van der Waals surface area contributed by atoms with E-state index < -0.39 is 22.4 Å². The minimum Gasteiger partial charge on any atom is -0.444 e. The van der Waals surface area contributed by atoms with E-state index in [0.717, 1.165) is 5.56 Å². The van der Waals surface area contributed by atoms with E-state index in [1.54, 1.807) is 19.1 Å². The predicted octanol–water partition coefficient (Wildman–Crippen LogP) is 1.29. The van der Waals surface area contributed by atoms with Crippen molar-refractivity contribution < 1.29 is 22.1 Å². The molecule has 7 heteroatoms. The second-order valence-electron chi connectivity index (χ2n) is 3.93. The number of nitrogens with zero attached hydrogens (tertiary/aromatic N) is 1. The third-order valence-electron chi connectivity index (χ3n) is 2.48. The molecular formula is C11H13NO5S. The van der Waals surface area contributed by atoms with Crippen molar-refractivity contribution in [2.75, 3.05) is 6.61 Å². The lowest BCUT2D eigenvalue weighted by atomic mass is 10.2. The van der Waals surface area contributed by atoms with Crippen molar-refractivity contribution in [1.29, 1.82) is 0 Å². The number of hydrogen-bond donors (Lipinski definition) is 0. The molecule has 0 saturated carbocycles. The van der Waals surface area contributed by atoms with Gasteiger partial charge in [0.1, 0.15) is 6.61 Å². The molecule has 98 valence electrons. The van der Waals surface area contributed by atoms with Crippen LogP contribution in [0.2, 0.25) is 0 Å². The summed E-state index contributed by atoms with van der Waals surface area (Å²) in [6.45, 7) is 1.56. The lowest BCUT2D eigenvalue weighted by Crippen LogP contribution is -2.38. The largest absolute Gasteiger partial charge is 0.444 e. The quantitative estimate of drug-likeness (QED) is 0.810. The molecular weight excluding hydrogens is 258 g/mol. The Balaban J connectivity index is 2.00. The average molecular weight is 271 g/mol. The Morgan fingerprint density at radius 2 is 2.11 bits per heavy atom. The van der Waals surface area contributed by atoms with Crippen molar-refractivity contribution in [2.24, 2.45) is 0 Å². The molecule has 0 aromatic heterocycles. The molecule has 2 rings (SSSR count). The maximum absolute atomic E-state index is 11.7. The summed E-state index contributed by atoms with van der Waals surface area (Å²) in [5.74, 6) is 0. The van der Waals surface area contributed by atoms with Crippen LogP contribution in [0.15, 0.2) is 30.3 Å². The van der Waals surface area contributed by atoms with Crippen molar-refractivity contribution in [1.82, 2.24) is 4.31 Å². The van der Waals surface area contributed by atoms with Crippen LogP contribution in [0.25, 0.3) is 0 Å². The van der Waals surface area contributed by atoms with Gasteiger partial charge in [-0.25, -0.2) is 4.79 Å². The Morgan fingerprint density at radius 3 is 2.67 bits per heavy atom. The van der Waals surface area contributed by atoms with Crippen molar-refractivity contribution >= 4 is 16.4 Å². The third-order valence-corrected chi connectivity index (χ3v) is 3.91. The van der Waals surface area contributed by atoms with Crippen LogP contribution in [-0.4, -0.2) is 31.5 Å². The molecule has 1 aromatic carbocycles. The molecule has 1 aliphatic heterocycles. The molecule has 0 aliphatic carbocycles. The topological polar surface area (TPSA) is 72.9 Å². The number of carbonyl (C=O) groups is 1. The number of rotatable bonds is 2. The Kier molecular flexibility index (Phi) is 3.53. The molecule has 1 aromatic rings. The number of ether oxygens (including phenoxy) is 1. The molecule has 1 fully saturated rings. The van der Waals surface area contributed by atoms with Gasteiger partial charge in [-0.2, -0.15) is 12.7 Å². The summed E-state index contributed by atoms with van der Waals surface area (Å²) in [5.41, 5.74) is 0.788. The molecule has 1 atom stereocenters. The summed E-state index contributed by atoms with van der Waals surface area (Å²) in [6, 6.07) is 8.48. The average Bonchev–Trinajstić information content (AvgIpc) is 2.62. The number of hydrogen-bond acceptors (Lipinski definition) is 5. The number of amides is 1. The van der Waals surface area contributed by atoms with E-state index in [0.29, 0.717) is 4.31 Å². The maximum atomic E-state index is 11.7. The summed E-state index contributed by atoms with van der Waals surface area (Å²) in [6.07, 6.45) is -0.913. The third kappa shape index (κ3) is 2.62. The number of benzene rings is 1. The van der Waals surface area contributed by atoms with Gasteiger partial charge >= 0.3 is 16.4 Å². The van der Waals surface area contributed by atoms with Crippen molar-refractivity contribution in [3.63, 3.8) is 0 Å². The smallest absolute Gasteiger partial charge is 0.426 e. The fourth-order valence-electron chi connectivity index (χ4n) is 1.58. The van der Waals surface area contributed by atoms with Crippen LogP contribution in [0.5, 0.6) is 0 Å². The second kappa shape index (κ2) is 4.95. The lowest BCUT2D eigenvalue weighted by Gasteiger charge is -2.16. The van der Waals surface area contributed by atoms with Crippen LogP contribution >= 0.6 is 0 Å². The van der Waals surface area contributed by atoms with Gasteiger partial charge < -0.3 is 4.74 Å². The second-order valence-corrected chi connectivity index (χ2v) is 5.41. The molecule has 0 N–H and O–H groups in total. The normalized spacial score (nSPS) is 21.8. The fraction of sp³-hybridized carbons (Fsp3) is 0.364. The first-order valence-electron chi connectivity index (χ1n) is 5.40. The van der Waals surface area contributed by atoms with Crippen molar-refractivity contribution in [3.05, 3.63) is 35.9 Å². The van der Waals surface area contributed by atoms with E-state index in [1.165, 1.54) is 0 Å². The van der Waals surface area contributed by atoms with Gasteiger partial charge in [-0.05, 0) is 12.5 Å². The minimum absolute atomic E-state index is 0.0262. The summed E-state index contributed by atoms with van der Waals surface area (Å²) in [4.78, 5) is 11.7. The van der Waals surface area contributed by atoms with Gasteiger partial charge in [-0.1, -0.05) is 30.3 Å². The van der Waals surface area contributed by atoms with Crippen LogP contribution in [0.4, 0.5) is 4.79 Å². The molecule has 0 radical (unpaired) electrons. The Labute approximate surface area is 105 Å². The summed E-state index contributed by atoms with van der Waals surface area (Å²) >= 11 is 0. The Hall–Kier alpha value is -1.60. The summed E-state index contributed by atoms with van der Waals surface area (Å²) in [5, 5.41) is 0. The van der Waals surface area contributed by atoms with Gasteiger partial charge in [0, 0.05) is 0 Å². The predicted molar refractivity (Wildman–Crippen MR) is 62.8 cm³/mol. The lowest BCUT2D eigenvalue weighted by molar-refractivity contribution is 0.114. The first-order chi connectivity index (χ1) is 8.50. The van der Waals surface area contributed by atoms with Crippen LogP contribution in [0.1, 0.15) is 12.5 Å². The van der Waals surface area contributed by atoms with Crippen molar-refractivity contribution in [3.8, 4) is 0 Å². The van der Waals surface area contributed by atoms with Crippen LogP contribution in [0.3, 0.4) is 0 Å². The maximum Gasteiger partial charge on any atom is 0.426 e. The molecule has 1 amide bonds. The van der Waals surface area contributed by atoms with E-state index >= 15 is 0 Å². The van der Waals surface area contributed by atoms with Gasteiger partial charge in [0.25, 0.3) is 0 Å². The fourth-order valence-corrected chi connectivity index (χ4v) is 2.80. The van der Waals surface area contributed by atoms with E-state index in [2.05, 4.69) is 4.18 Å². The SMILES string of the molecule is C[C@H]1COS(=O)(=O)N1C(=O)OCc1ccccc1. The van der Waals surface area contributed by atoms with Gasteiger partial charge in [-0.3, -0.25) is 4.18 Å². The van der Waals surface area contributed by atoms with Gasteiger partial charge in [0.05, 0.1) is 12.6 Å². The van der Waals surface area contributed by atoms with Gasteiger partial charge in [-0.15, -0.1) is 0 Å². The molecule has 6 nitrogen and oxygen atoms in total. The minimum atomic E-state index is -3.98. The highest BCUT2D eigenvalue weighted by atomic mass is 32.2. The van der Waals surface area contributed by atoms with Crippen LogP contribution < -0.4 is 0 Å².